The average molecular weight is 368 g/mol. The van der Waals surface area contributed by atoms with Crippen molar-refractivity contribution in [3.8, 4) is 0 Å². The molecule has 1 atom stereocenters. The molecule has 27 heavy (non-hydrogen) atoms. The molecular weight excluding hydrogens is 348 g/mol. The van der Waals surface area contributed by atoms with Crippen molar-refractivity contribution in [1.82, 2.24) is 20.9 Å². The molecule has 1 saturated heterocycles. The number of amides is 6. The van der Waals surface area contributed by atoms with Crippen LogP contribution in [0.3, 0.4) is 0 Å². The zero-order valence-electron chi connectivity index (χ0n) is 15.0. The normalized spacial score (nSPS) is 19.1. The van der Waals surface area contributed by atoms with Crippen LogP contribution in [-0.2, 0) is 15.1 Å². The number of nitrogens with zero attached hydrogens (tertiary/aromatic N) is 1. The van der Waals surface area contributed by atoms with Gasteiger partial charge in [-0.15, -0.1) is 0 Å². The van der Waals surface area contributed by atoms with E-state index in [4.69, 9.17) is 0 Å². The van der Waals surface area contributed by atoms with E-state index in [1.165, 1.54) is 0 Å². The Morgan fingerprint density at radius 1 is 1.11 bits per heavy atom. The van der Waals surface area contributed by atoms with E-state index < -0.39 is 36.0 Å². The second-order valence-corrected chi connectivity index (χ2v) is 6.38. The fourth-order valence-electron chi connectivity index (χ4n) is 3.20. The van der Waals surface area contributed by atoms with E-state index in [2.05, 4.69) is 16.0 Å². The lowest BCUT2D eigenvalue weighted by Gasteiger charge is -2.24. The van der Waals surface area contributed by atoms with Crippen molar-refractivity contribution in [3.63, 3.8) is 0 Å². The topological polar surface area (TPSA) is 108 Å². The number of nitrogens with one attached hydrogen (secondary N) is 3. The number of hydrogen-bond acceptors (Lipinski definition) is 4. The highest BCUT2D eigenvalue weighted by molar-refractivity contribution is 6.11. The molecule has 0 saturated carbocycles. The van der Waals surface area contributed by atoms with Crippen LogP contribution in [0.25, 0.3) is 10.8 Å². The van der Waals surface area contributed by atoms with Gasteiger partial charge in [-0.3, -0.25) is 19.8 Å². The molecule has 0 radical (unpaired) electrons. The van der Waals surface area contributed by atoms with E-state index in [0.717, 1.165) is 15.7 Å². The molecular formula is C19H20N4O4. The Labute approximate surface area is 155 Å². The maximum absolute atomic E-state index is 13.0. The fourth-order valence-corrected chi connectivity index (χ4v) is 3.20. The van der Waals surface area contributed by atoms with E-state index in [-0.39, 0.29) is 0 Å². The highest BCUT2D eigenvalue weighted by Gasteiger charge is 2.50. The van der Waals surface area contributed by atoms with Gasteiger partial charge < -0.3 is 10.6 Å². The van der Waals surface area contributed by atoms with Gasteiger partial charge >= 0.3 is 12.1 Å². The summed E-state index contributed by atoms with van der Waals surface area (Å²) >= 11 is 0. The number of urea groups is 2. The van der Waals surface area contributed by atoms with Crippen LogP contribution in [0, 0.1) is 0 Å². The molecule has 2 aromatic carbocycles. The van der Waals surface area contributed by atoms with Gasteiger partial charge in [0.25, 0.3) is 5.91 Å². The van der Waals surface area contributed by atoms with Crippen LogP contribution in [0.4, 0.5) is 9.59 Å². The number of rotatable bonds is 4. The summed E-state index contributed by atoms with van der Waals surface area (Å²) in [7, 11) is 0. The molecule has 0 bridgehead atoms. The minimum atomic E-state index is -1.30. The molecule has 1 heterocycles. The van der Waals surface area contributed by atoms with Crippen LogP contribution >= 0.6 is 0 Å². The van der Waals surface area contributed by atoms with Crippen molar-refractivity contribution in [2.75, 3.05) is 13.1 Å². The number of hydrogen-bond donors (Lipinski definition) is 3. The lowest BCUT2D eigenvalue weighted by Crippen LogP contribution is -2.46. The van der Waals surface area contributed by atoms with Gasteiger partial charge in [0, 0.05) is 6.54 Å². The fraction of sp³-hybridized carbons (Fsp3) is 0.263. The predicted octanol–water partition coefficient (Wildman–Crippen LogP) is 1.45. The van der Waals surface area contributed by atoms with Crippen LogP contribution in [-0.4, -0.2) is 41.9 Å². The standard InChI is InChI=1S/C19H20N4O4/c1-3-20-17(26)21-15(24)11-23-16(25)19(2,22-18(23)27)14-10-6-8-12-7-4-5-9-13(12)14/h4-10H,3,11H2,1-2H3,(H,22,27)(H2,20,21,24,26). The molecule has 1 aliphatic rings. The minimum absolute atomic E-state index is 0.349. The van der Waals surface area contributed by atoms with Gasteiger partial charge in [-0.1, -0.05) is 42.5 Å². The van der Waals surface area contributed by atoms with Crippen LogP contribution in [0.1, 0.15) is 19.4 Å². The molecule has 1 unspecified atom stereocenters. The number of carbonyl (C=O) groups is 4. The molecule has 2 aromatic rings. The first-order valence-corrected chi connectivity index (χ1v) is 8.57. The lowest BCUT2D eigenvalue weighted by atomic mass is 9.88. The van der Waals surface area contributed by atoms with Gasteiger partial charge in [0.15, 0.2) is 0 Å². The lowest BCUT2D eigenvalue weighted by molar-refractivity contribution is -0.134. The molecule has 0 spiro atoms. The Hall–Kier alpha value is -3.42. The SMILES string of the molecule is CCNC(=O)NC(=O)CN1C(=O)NC(C)(c2cccc3ccccc23)C1=O. The molecule has 3 rings (SSSR count). The van der Waals surface area contributed by atoms with Crippen LogP contribution in [0.15, 0.2) is 42.5 Å². The average Bonchev–Trinajstić information content (AvgIpc) is 2.85. The molecule has 0 aliphatic carbocycles. The van der Waals surface area contributed by atoms with Gasteiger partial charge in [-0.25, -0.2) is 9.59 Å². The largest absolute Gasteiger partial charge is 0.338 e. The van der Waals surface area contributed by atoms with Crippen molar-refractivity contribution in [2.45, 2.75) is 19.4 Å². The summed E-state index contributed by atoms with van der Waals surface area (Å²) in [6, 6.07) is 11.7. The summed E-state index contributed by atoms with van der Waals surface area (Å²) in [6.45, 7) is 3.12. The number of imide groups is 2. The van der Waals surface area contributed by atoms with Gasteiger partial charge in [0.1, 0.15) is 12.1 Å². The summed E-state index contributed by atoms with van der Waals surface area (Å²) in [4.78, 5) is 49.6. The van der Waals surface area contributed by atoms with E-state index in [0.29, 0.717) is 12.1 Å². The third-order valence-electron chi connectivity index (χ3n) is 4.50. The molecule has 6 amide bonds. The smallest absolute Gasteiger partial charge is 0.325 e. The number of fused-ring (bicyclic) bond motifs is 1. The number of benzene rings is 2. The van der Waals surface area contributed by atoms with E-state index in [9.17, 15) is 19.2 Å². The third kappa shape index (κ3) is 3.33. The van der Waals surface area contributed by atoms with Gasteiger partial charge in [0.2, 0.25) is 5.91 Å². The van der Waals surface area contributed by atoms with Crippen LogP contribution in [0.5, 0.6) is 0 Å². The molecule has 1 aliphatic heterocycles. The van der Waals surface area contributed by atoms with E-state index in [1.807, 2.05) is 36.4 Å². The van der Waals surface area contributed by atoms with Gasteiger partial charge in [0.05, 0.1) is 0 Å². The first-order valence-electron chi connectivity index (χ1n) is 8.57. The summed E-state index contributed by atoms with van der Waals surface area (Å²) in [5, 5.41) is 8.95. The Balaban J connectivity index is 1.86. The van der Waals surface area contributed by atoms with Crippen molar-refractivity contribution in [1.29, 1.82) is 0 Å². The third-order valence-corrected chi connectivity index (χ3v) is 4.50. The summed E-state index contributed by atoms with van der Waals surface area (Å²) in [5.74, 6) is -1.29. The van der Waals surface area contributed by atoms with Crippen molar-refractivity contribution in [3.05, 3.63) is 48.0 Å². The van der Waals surface area contributed by atoms with Gasteiger partial charge in [-0.2, -0.15) is 0 Å². The Bertz CT molecular complexity index is 937. The second-order valence-electron chi connectivity index (χ2n) is 6.38. The minimum Gasteiger partial charge on any atom is -0.338 e. The summed E-state index contributed by atoms with van der Waals surface area (Å²) < 4.78 is 0. The summed E-state index contributed by atoms with van der Waals surface area (Å²) in [6.07, 6.45) is 0. The first-order chi connectivity index (χ1) is 12.9. The molecule has 3 N–H and O–H groups in total. The van der Waals surface area contributed by atoms with Crippen LogP contribution in [0.2, 0.25) is 0 Å². The second kappa shape index (κ2) is 7.06. The Kier molecular flexibility index (Phi) is 4.81. The first kappa shape index (κ1) is 18.4. The molecule has 0 aromatic heterocycles. The van der Waals surface area contributed by atoms with Crippen molar-refractivity contribution in [2.24, 2.45) is 0 Å². The molecule has 8 nitrogen and oxygen atoms in total. The monoisotopic (exact) mass is 368 g/mol. The molecule has 140 valence electrons. The maximum atomic E-state index is 13.0. The molecule has 8 heteroatoms. The van der Waals surface area contributed by atoms with E-state index in [1.54, 1.807) is 19.9 Å². The maximum Gasteiger partial charge on any atom is 0.325 e. The number of carbonyl (C=O) groups excluding carboxylic acids is 4. The highest BCUT2D eigenvalue weighted by Crippen LogP contribution is 2.33. The zero-order valence-corrected chi connectivity index (χ0v) is 15.0. The summed E-state index contributed by atoms with van der Waals surface area (Å²) in [5.41, 5.74) is -0.658. The van der Waals surface area contributed by atoms with Crippen molar-refractivity contribution >= 4 is 34.6 Å². The Morgan fingerprint density at radius 3 is 2.56 bits per heavy atom. The quantitative estimate of drug-likeness (QED) is 0.710. The van der Waals surface area contributed by atoms with Crippen LogP contribution < -0.4 is 16.0 Å². The van der Waals surface area contributed by atoms with E-state index >= 15 is 0 Å². The predicted molar refractivity (Wildman–Crippen MR) is 98.8 cm³/mol. The van der Waals surface area contributed by atoms with Crippen molar-refractivity contribution < 1.29 is 19.2 Å². The zero-order chi connectivity index (χ0) is 19.6. The molecule has 1 fully saturated rings. The van der Waals surface area contributed by atoms with Gasteiger partial charge in [-0.05, 0) is 30.2 Å². The highest BCUT2D eigenvalue weighted by atomic mass is 16.2. The Morgan fingerprint density at radius 2 is 1.81 bits per heavy atom.